The normalized spacial score (nSPS) is 18.1. The van der Waals surface area contributed by atoms with Gasteiger partial charge in [-0.2, -0.15) is 0 Å². The zero-order valence-corrected chi connectivity index (χ0v) is 22.1. The van der Waals surface area contributed by atoms with Crippen LogP contribution < -0.4 is 14.2 Å². The molecule has 0 saturated carbocycles. The van der Waals surface area contributed by atoms with Crippen molar-refractivity contribution in [1.29, 1.82) is 0 Å². The summed E-state index contributed by atoms with van der Waals surface area (Å²) in [5, 5.41) is 19.1. The van der Waals surface area contributed by atoms with Crippen molar-refractivity contribution < 1.29 is 33.6 Å². The van der Waals surface area contributed by atoms with Crippen LogP contribution in [0.2, 0.25) is 0 Å². The Labute approximate surface area is 222 Å². The van der Waals surface area contributed by atoms with Gasteiger partial charge in [0.1, 0.15) is 35.8 Å². The summed E-state index contributed by atoms with van der Waals surface area (Å²) in [6, 6.07) is 12.7. The molecule has 1 aliphatic carbocycles. The smallest absolute Gasteiger partial charge is 0.304 e. The van der Waals surface area contributed by atoms with Gasteiger partial charge in [0, 0.05) is 23.1 Å². The summed E-state index contributed by atoms with van der Waals surface area (Å²) in [4.78, 5) is 11.1. The van der Waals surface area contributed by atoms with E-state index in [1.807, 2.05) is 44.2 Å². The fraction of sp³-hybridized carbons (Fsp3) is 0.387. The first-order valence-corrected chi connectivity index (χ1v) is 12.9. The van der Waals surface area contributed by atoms with Gasteiger partial charge in [0.15, 0.2) is 0 Å². The maximum atomic E-state index is 15.2. The third kappa shape index (κ3) is 5.20. The molecule has 0 bridgehead atoms. The zero-order valence-electron chi connectivity index (χ0n) is 22.1. The van der Waals surface area contributed by atoms with Crippen molar-refractivity contribution in [2.75, 3.05) is 13.2 Å². The largest absolute Gasteiger partial charge is 0.492 e. The van der Waals surface area contributed by atoms with E-state index in [2.05, 4.69) is 0 Å². The van der Waals surface area contributed by atoms with Gasteiger partial charge in [0.05, 0.1) is 18.6 Å². The molecule has 1 heterocycles. The standard InChI is InChI=1S/C31H33FO6/c1-17-11-21(37-16-31(3,4)35)12-18(2)29(17)23-7-9-25(32)30-24(23)8-10-26(30)38-20-5-6-22-19(13-28(33)34)15-36-27(22)14-20/h5-7,9,11-12,14,19,26,35H,8,10,13,15-16H2,1-4H3,(H,33,34)/t19-,26-/m1/s1. The Kier molecular flexibility index (Phi) is 6.82. The number of fused-ring (bicyclic) bond motifs is 2. The number of aliphatic hydroxyl groups is 1. The average Bonchev–Trinajstić information content (AvgIpc) is 3.43. The minimum atomic E-state index is -0.932. The number of hydrogen-bond donors (Lipinski definition) is 2. The van der Waals surface area contributed by atoms with E-state index in [9.17, 15) is 9.90 Å². The molecule has 0 spiro atoms. The third-order valence-electron chi connectivity index (χ3n) is 7.21. The predicted molar refractivity (Wildman–Crippen MR) is 142 cm³/mol. The van der Waals surface area contributed by atoms with Crippen LogP contribution >= 0.6 is 0 Å². The number of halogens is 1. The number of rotatable bonds is 8. The second-order valence-corrected chi connectivity index (χ2v) is 11.0. The lowest BCUT2D eigenvalue weighted by Crippen LogP contribution is -2.27. The Balaban J connectivity index is 1.41. The van der Waals surface area contributed by atoms with Crippen LogP contribution in [0.5, 0.6) is 17.2 Å². The maximum Gasteiger partial charge on any atom is 0.304 e. The molecule has 2 N–H and O–H groups in total. The van der Waals surface area contributed by atoms with Crippen LogP contribution in [0.3, 0.4) is 0 Å². The summed E-state index contributed by atoms with van der Waals surface area (Å²) in [5.74, 6) is 0.563. The summed E-state index contributed by atoms with van der Waals surface area (Å²) in [7, 11) is 0. The van der Waals surface area contributed by atoms with Crippen molar-refractivity contribution >= 4 is 5.97 Å². The van der Waals surface area contributed by atoms with Gasteiger partial charge in [-0.3, -0.25) is 4.79 Å². The predicted octanol–water partition coefficient (Wildman–Crippen LogP) is 6.28. The van der Waals surface area contributed by atoms with Crippen molar-refractivity contribution in [2.24, 2.45) is 0 Å². The molecule has 0 radical (unpaired) electrons. The van der Waals surface area contributed by atoms with E-state index in [0.717, 1.165) is 33.4 Å². The summed E-state index contributed by atoms with van der Waals surface area (Å²) < 4.78 is 33.0. The van der Waals surface area contributed by atoms with Gasteiger partial charge in [0.2, 0.25) is 0 Å². The fourth-order valence-corrected chi connectivity index (χ4v) is 5.59. The molecule has 0 saturated heterocycles. The average molecular weight is 521 g/mol. The highest BCUT2D eigenvalue weighted by Crippen LogP contribution is 2.45. The van der Waals surface area contributed by atoms with Crippen molar-refractivity contribution in [3.63, 3.8) is 0 Å². The van der Waals surface area contributed by atoms with Crippen LogP contribution in [0.25, 0.3) is 11.1 Å². The number of carbonyl (C=O) groups is 1. The number of hydrogen-bond acceptors (Lipinski definition) is 5. The molecule has 200 valence electrons. The highest BCUT2D eigenvalue weighted by molar-refractivity contribution is 5.76. The van der Waals surface area contributed by atoms with E-state index in [4.69, 9.17) is 19.3 Å². The molecule has 2 aliphatic rings. The van der Waals surface area contributed by atoms with Crippen LogP contribution in [-0.2, 0) is 11.2 Å². The molecule has 1 aliphatic heterocycles. The summed E-state index contributed by atoms with van der Waals surface area (Å²) in [6.07, 6.45) is 0.913. The number of aryl methyl sites for hydroxylation is 2. The summed E-state index contributed by atoms with van der Waals surface area (Å²) in [6.45, 7) is 7.95. The van der Waals surface area contributed by atoms with E-state index in [1.165, 1.54) is 6.07 Å². The minimum Gasteiger partial charge on any atom is -0.492 e. The van der Waals surface area contributed by atoms with Crippen molar-refractivity contribution in [2.45, 2.75) is 64.6 Å². The van der Waals surface area contributed by atoms with Gasteiger partial charge < -0.3 is 24.4 Å². The highest BCUT2D eigenvalue weighted by atomic mass is 19.1. The zero-order chi connectivity index (χ0) is 27.2. The van der Waals surface area contributed by atoms with Gasteiger partial charge in [-0.25, -0.2) is 4.39 Å². The number of carboxylic acids is 1. The molecule has 0 amide bonds. The molecule has 0 fully saturated rings. The first kappa shape index (κ1) is 26.0. The van der Waals surface area contributed by atoms with Crippen molar-refractivity contribution in [3.8, 4) is 28.4 Å². The highest BCUT2D eigenvalue weighted by Gasteiger charge is 2.32. The Morgan fingerprint density at radius 1 is 1.11 bits per heavy atom. The summed E-state index contributed by atoms with van der Waals surface area (Å²) >= 11 is 0. The first-order valence-electron chi connectivity index (χ1n) is 12.9. The summed E-state index contributed by atoms with van der Waals surface area (Å²) in [5.41, 5.74) is 5.53. The Morgan fingerprint density at radius 3 is 2.53 bits per heavy atom. The Hall–Kier alpha value is -3.58. The lowest BCUT2D eigenvalue weighted by molar-refractivity contribution is -0.137. The van der Waals surface area contributed by atoms with Gasteiger partial charge >= 0.3 is 5.97 Å². The van der Waals surface area contributed by atoms with Crippen LogP contribution in [-0.4, -0.2) is 35.0 Å². The van der Waals surface area contributed by atoms with Crippen LogP contribution in [0, 0.1) is 19.7 Å². The van der Waals surface area contributed by atoms with E-state index < -0.39 is 17.7 Å². The molecule has 2 atom stereocenters. The number of carboxylic acid groups (broad SMARTS) is 1. The number of aliphatic carboxylic acids is 1. The lowest BCUT2D eigenvalue weighted by atomic mass is 9.90. The molecule has 38 heavy (non-hydrogen) atoms. The monoisotopic (exact) mass is 520 g/mol. The van der Waals surface area contributed by atoms with Crippen molar-refractivity contribution in [3.05, 3.63) is 76.1 Å². The van der Waals surface area contributed by atoms with Gasteiger partial charge in [0.25, 0.3) is 0 Å². The maximum absolute atomic E-state index is 15.2. The topological polar surface area (TPSA) is 85.2 Å². The molecular weight excluding hydrogens is 487 g/mol. The molecule has 3 aromatic carbocycles. The molecular formula is C31H33FO6. The quantitative estimate of drug-likeness (QED) is 0.364. The molecule has 0 unspecified atom stereocenters. The number of ether oxygens (including phenoxy) is 3. The first-order chi connectivity index (χ1) is 18.0. The molecule has 5 rings (SSSR count). The van der Waals surface area contributed by atoms with Crippen LogP contribution in [0.4, 0.5) is 4.39 Å². The third-order valence-corrected chi connectivity index (χ3v) is 7.21. The van der Waals surface area contributed by atoms with E-state index >= 15 is 4.39 Å². The lowest BCUT2D eigenvalue weighted by Gasteiger charge is -2.21. The fourth-order valence-electron chi connectivity index (χ4n) is 5.59. The van der Waals surface area contributed by atoms with Gasteiger partial charge in [-0.05, 0) is 92.6 Å². The Bertz CT molecular complexity index is 1370. The molecule has 7 heteroatoms. The van der Waals surface area contributed by atoms with Gasteiger partial charge in [-0.1, -0.05) is 12.1 Å². The van der Waals surface area contributed by atoms with Crippen molar-refractivity contribution in [1.82, 2.24) is 0 Å². The second-order valence-electron chi connectivity index (χ2n) is 11.0. The molecule has 3 aromatic rings. The second kappa shape index (κ2) is 9.95. The van der Waals surface area contributed by atoms with E-state index in [-0.39, 0.29) is 24.8 Å². The van der Waals surface area contributed by atoms with E-state index in [1.54, 1.807) is 19.9 Å². The molecule has 6 nitrogen and oxygen atoms in total. The molecule has 0 aromatic heterocycles. The van der Waals surface area contributed by atoms with E-state index in [0.29, 0.717) is 42.3 Å². The minimum absolute atomic E-state index is 0.0164. The van der Waals surface area contributed by atoms with Gasteiger partial charge in [-0.15, -0.1) is 0 Å². The van der Waals surface area contributed by atoms with Crippen LogP contribution in [0.1, 0.15) is 66.5 Å². The number of benzene rings is 3. The SMILES string of the molecule is Cc1cc(OCC(C)(C)O)cc(C)c1-c1ccc(F)c2c1CC[C@H]2Oc1ccc2c(c1)OC[C@H]2CC(=O)O. The Morgan fingerprint density at radius 2 is 1.84 bits per heavy atom. The van der Waals surface area contributed by atoms with Crippen LogP contribution in [0.15, 0.2) is 42.5 Å².